The van der Waals surface area contributed by atoms with E-state index in [1.54, 1.807) is 28.9 Å². The Hall–Kier alpha value is -3.01. The van der Waals surface area contributed by atoms with E-state index in [2.05, 4.69) is 20.8 Å². The third-order valence-electron chi connectivity index (χ3n) is 5.25. The van der Waals surface area contributed by atoms with E-state index >= 15 is 0 Å². The first-order valence-corrected chi connectivity index (χ1v) is 9.61. The molecule has 1 saturated carbocycles. The van der Waals surface area contributed by atoms with Crippen molar-refractivity contribution in [3.63, 3.8) is 0 Å². The molecular weight excluding hydrogens is 382 g/mol. The number of alkyl halides is 2. The van der Waals surface area contributed by atoms with Gasteiger partial charge in [-0.05, 0) is 37.9 Å². The highest BCUT2D eigenvalue weighted by Crippen LogP contribution is 2.34. The SMILES string of the molecule is O=C(Nc1cc2cc(-c3c(OC[C@H]4CCN4)cnn3C(F)F)ccn2n1)C1CC1. The number of anilines is 1. The predicted octanol–water partition coefficient (Wildman–Crippen LogP) is 2.68. The first kappa shape index (κ1) is 18.0. The standard InChI is InChI=1S/C19H20F2N6O2/c20-19(21)27-17(15(9-23-27)29-10-13-3-5-22-13)12-4-6-26-14(7-12)8-16(25-26)24-18(28)11-1-2-11/h4,6-9,11,13,19,22H,1-3,5,10H2,(H,24,25,28)/t13-/m1/s1. The van der Waals surface area contributed by atoms with Crippen molar-refractivity contribution in [3.8, 4) is 17.0 Å². The summed E-state index contributed by atoms with van der Waals surface area (Å²) in [6.07, 6.45) is 5.79. The molecule has 3 aromatic rings. The lowest BCUT2D eigenvalue weighted by Crippen LogP contribution is -2.46. The Morgan fingerprint density at radius 1 is 1.34 bits per heavy atom. The van der Waals surface area contributed by atoms with Gasteiger partial charge in [0.05, 0.1) is 11.7 Å². The quantitative estimate of drug-likeness (QED) is 0.635. The minimum Gasteiger partial charge on any atom is -0.488 e. The Bertz CT molecular complexity index is 1050. The lowest BCUT2D eigenvalue weighted by molar-refractivity contribution is -0.117. The van der Waals surface area contributed by atoms with Crippen LogP contribution in [0.15, 0.2) is 30.6 Å². The van der Waals surface area contributed by atoms with E-state index in [-0.39, 0.29) is 23.6 Å². The third-order valence-corrected chi connectivity index (χ3v) is 5.25. The fraction of sp³-hybridized carbons (Fsp3) is 0.421. The highest BCUT2D eigenvalue weighted by Gasteiger charge is 2.30. The number of nitrogens with zero attached hydrogens (tertiary/aromatic N) is 4. The van der Waals surface area contributed by atoms with Crippen molar-refractivity contribution in [1.29, 1.82) is 0 Å². The molecule has 0 unspecified atom stereocenters. The van der Waals surface area contributed by atoms with Crippen molar-refractivity contribution in [2.75, 3.05) is 18.5 Å². The smallest absolute Gasteiger partial charge is 0.333 e. The number of pyridine rings is 1. The molecule has 5 rings (SSSR count). The second kappa shape index (κ2) is 7.11. The topological polar surface area (TPSA) is 85.5 Å². The first-order valence-electron chi connectivity index (χ1n) is 9.61. The Balaban J connectivity index is 1.45. The monoisotopic (exact) mass is 402 g/mol. The lowest BCUT2D eigenvalue weighted by Gasteiger charge is -2.27. The maximum Gasteiger partial charge on any atom is 0.333 e. The van der Waals surface area contributed by atoms with Gasteiger partial charge in [-0.1, -0.05) is 0 Å². The van der Waals surface area contributed by atoms with Crippen LogP contribution in [0, 0.1) is 5.92 Å². The summed E-state index contributed by atoms with van der Waals surface area (Å²) >= 11 is 0. The van der Waals surface area contributed by atoms with Gasteiger partial charge in [-0.25, -0.2) is 4.52 Å². The molecule has 3 aromatic heterocycles. The minimum atomic E-state index is -2.79. The van der Waals surface area contributed by atoms with Crippen molar-refractivity contribution >= 4 is 17.2 Å². The van der Waals surface area contributed by atoms with Gasteiger partial charge in [-0.3, -0.25) is 4.79 Å². The molecule has 1 aliphatic carbocycles. The van der Waals surface area contributed by atoms with E-state index in [1.165, 1.54) is 6.20 Å². The number of halogens is 2. The zero-order chi connectivity index (χ0) is 20.0. The molecule has 152 valence electrons. The van der Waals surface area contributed by atoms with Crippen molar-refractivity contribution in [2.45, 2.75) is 31.9 Å². The Morgan fingerprint density at radius 3 is 2.86 bits per heavy atom. The van der Waals surface area contributed by atoms with Gasteiger partial charge >= 0.3 is 6.55 Å². The molecule has 0 spiro atoms. The molecule has 8 nitrogen and oxygen atoms in total. The van der Waals surface area contributed by atoms with E-state index in [0.717, 1.165) is 25.8 Å². The molecule has 0 bridgehead atoms. The predicted molar refractivity (Wildman–Crippen MR) is 101 cm³/mol. The van der Waals surface area contributed by atoms with Crippen LogP contribution in [0.3, 0.4) is 0 Å². The number of nitrogens with one attached hydrogen (secondary N) is 2. The summed E-state index contributed by atoms with van der Waals surface area (Å²) in [5.74, 6) is 0.782. The number of amides is 1. The van der Waals surface area contributed by atoms with Gasteiger partial charge < -0.3 is 15.4 Å². The summed E-state index contributed by atoms with van der Waals surface area (Å²) in [4.78, 5) is 11.9. The summed E-state index contributed by atoms with van der Waals surface area (Å²) < 4.78 is 35.0. The molecule has 1 aliphatic heterocycles. The highest BCUT2D eigenvalue weighted by atomic mass is 19.3. The van der Waals surface area contributed by atoms with Crippen LogP contribution in [0.25, 0.3) is 16.8 Å². The molecule has 29 heavy (non-hydrogen) atoms. The Morgan fingerprint density at radius 2 is 2.17 bits per heavy atom. The summed E-state index contributed by atoms with van der Waals surface area (Å²) in [7, 11) is 0. The number of hydrogen-bond donors (Lipinski definition) is 2. The van der Waals surface area contributed by atoms with E-state index in [1.807, 2.05) is 0 Å². The van der Waals surface area contributed by atoms with Crippen LogP contribution in [0.1, 0.15) is 25.8 Å². The number of rotatable bonds is 7. The van der Waals surface area contributed by atoms with Crippen LogP contribution < -0.4 is 15.4 Å². The van der Waals surface area contributed by atoms with Crippen molar-refractivity contribution < 1.29 is 18.3 Å². The van der Waals surface area contributed by atoms with Gasteiger partial charge in [-0.15, -0.1) is 0 Å². The van der Waals surface area contributed by atoms with E-state index in [4.69, 9.17) is 4.74 Å². The summed E-state index contributed by atoms with van der Waals surface area (Å²) in [5.41, 5.74) is 1.42. The molecular formula is C19H20F2N6O2. The van der Waals surface area contributed by atoms with Crippen LogP contribution >= 0.6 is 0 Å². The minimum absolute atomic E-state index is 0.0373. The fourth-order valence-corrected chi connectivity index (χ4v) is 3.33. The molecule has 1 saturated heterocycles. The lowest BCUT2D eigenvalue weighted by atomic mass is 10.1. The van der Waals surface area contributed by atoms with Crippen LogP contribution in [0.2, 0.25) is 0 Å². The molecule has 10 heteroatoms. The average Bonchev–Trinajstić information content (AvgIpc) is 3.30. The first-order chi connectivity index (χ1) is 14.1. The summed E-state index contributed by atoms with van der Waals surface area (Å²) in [6, 6.07) is 5.35. The highest BCUT2D eigenvalue weighted by molar-refractivity contribution is 5.93. The zero-order valence-corrected chi connectivity index (χ0v) is 15.5. The second-order valence-electron chi connectivity index (χ2n) is 7.41. The van der Waals surface area contributed by atoms with Crippen LogP contribution in [-0.4, -0.2) is 44.5 Å². The summed E-state index contributed by atoms with van der Waals surface area (Å²) in [5, 5.41) is 14.1. The second-order valence-corrected chi connectivity index (χ2v) is 7.41. The van der Waals surface area contributed by atoms with Crippen LogP contribution in [-0.2, 0) is 4.79 Å². The van der Waals surface area contributed by atoms with Gasteiger partial charge in [0.2, 0.25) is 5.91 Å². The maximum absolute atomic E-state index is 13.5. The largest absolute Gasteiger partial charge is 0.488 e. The normalized spacial score (nSPS) is 18.8. The zero-order valence-electron chi connectivity index (χ0n) is 15.5. The maximum atomic E-state index is 13.5. The van der Waals surface area contributed by atoms with Crippen LogP contribution in [0.5, 0.6) is 5.75 Å². The number of fused-ring (bicyclic) bond motifs is 1. The van der Waals surface area contributed by atoms with Gasteiger partial charge in [0.15, 0.2) is 11.6 Å². The number of aromatic nitrogens is 4. The van der Waals surface area contributed by atoms with Gasteiger partial charge in [0.1, 0.15) is 12.3 Å². The van der Waals surface area contributed by atoms with Crippen molar-refractivity contribution in [1.82, 2.24) is 24.7 Å². The Labute approximate surface area is 164 Å². The molecule has 2 N–H and O–H groups in total. The van der Waals surface area contributed by atoms with Crippen molar-refractivity contribution in [2.24, 2.45) is 5.92 Å². The number of hydrogen-bond acceptors (Lipinski definition) is 5. The fourth-order valence-electron chi connectivity index (χ4n) is 3.33. The van der Waals surface area contributed by atoms with Gasteiger partial charge in [0.25, 0.3) is 0 Å². The van der Waals surface area contributed by atoms with Crippen molar-refractivity contribution in [3.05, 3.63) is 30.6 Å². The molecule has 0 aromatic carbocycles. The van der Waals surface area contributed by atoms with Gasteiger partial charge in [-0.2, -0.15) is 23.7 Å². The third kappa shape index (κ3) is 3.55. The molecule has 4 heterocycles. The Kier molecular flexibility index (Phi) is 4.42. The van der Waals surface area contributed by atoms with E-state index < -0.39 is 6.55 Å². The number of carbonyl (C=O) groups excluding carboxylic acids is 1. The molecule has 2 aliphatic rings. The number of ether oxygens (including phenoxy) is 1. The molecule has 2 fully saturated rings. The average molecular weight is 402 g/mol. The molecule has 0 radical (unpaired) electrons. The van der Waals surface area contributed by atoms with Crippen LogP contribution in [0.4, 0.5) is 14.6 Å². The van der Waals surface area contributed by atoms with E-state index in [0.29, 0.717) is 33.9 Å². The van der Waals surface area contributed by atoms with E-state index in [9.17, 15) is 13.6 Å². The molecule has 1 amide bonds. The van der Waals surface area contributed by atoms with Gasteiger partial charge in [0, 0.05) is 29.8 Å². The summed E-state index contributed by atoms with van der Waals surface area (Å²) in [6.45, 7) is -1.46. The molecule has 1 atom stereocenters. The number of carbonyl (C=O) groups is 1.